The van der Waals surface area contributed by atoms with Gasteiger partial charge < -0.3 is 4.74 Å². The molecular formula is C19H36O2S2. The molecule has 0 aromatic heterocycles. The lowest BCUT2D eigenvalue weighted by atomic mass is 10.2. The third-order valence-corrected chi connectivity index (χ3v) is 5.88. The summed E-state index contributed by atoms with van der Waals surface area (Å²) in [6.45, 7) is 9.87. The van der Waals surface area contributed by atoms with Crippen LogP contribution in [0.25, 0.3) is 0 Å². The van der Waals surface area contributed by atoms with Crippen LogP contribution in [-0.4, -0.2) is 35.1 Å². The summed E-state index contributed by atoms with van der Waals surface area (Å²) >= 11 is 3.83. The predicted molar refractivity (Wildman–Crippen MR) is 108 cm³/mol. The molecule has 0 atom stereocenters. The van der Waals surface area contributed by atoms with Gasteiger partial charge in [0.2, 0.25) is 0 Å². The molecule has 0 spiro atoms. The van der Waals surface area contributed by atoms with Crippen molar-refractivity contribution in [1.29, 1.82) is 0 Å². The maximum atomic E-state index is 11.8. The number of carbonyl (C=O) groups is 1. The third-order valence-electron chi connectivity index (χ3n) is 3.51. The van der Waals surface area contributed by atoms with Crippen molar-refractivity contribution < 1.29 is 9.53 Å². The first-order valence-electron chi connectivity index (χ1n) is 9.13. The van der Waals surface area contributed by atoms with Crippen LogP contribution in [0.1, 0.15) is 72.1 Å². The zero-order valence-corrected chi connectivity index (χ0v) is 17.0. The monoisotopic (exact) mass is 360 g/mol. The molecule has 0 amide bonds. The van der Waals surface area contributed by atoms with Crippen LogP contribution < -0.4 is 0 Å². The van der Waals surface area contributed by atoms with Gasteiger partial charge in [-0.1, -0.05) is 59.0 Å². The highest BCUT2D eigenvalue weighted by Gasteiger charge is 2.15. The minimum atomic E-state index is -0.242. The minimum Gasteiger partial charge on any atom is -0.457 e. The van der Waals surface area contributed by atoms with E-state index in [4.69, 9.17) is 4.74 Å². The first-order chi connectivity index (χ1) is 11.1. The van der Waals surface area contributed by atoms with Crippen molar-refractivity contribution in [2.45, 2.75) is 78.2 Å². The van der Waals surface area contributed by atoms with Crippen molar-refractivity contribution >= 4 is 29.5 Å². The van der Waals surface area contributed by atoms with E-state index in [0.29, 0.717) is 5.57 Å². The number of hydrogen-bond acceptors (Lipinski definition) is 4. The van der Waals surface area contributed by atoms with Crippen LogP contribution in [-0.2, 0) is 9.53 Å². The summed E-state index contributed by atoms with van der Waals surface area (Å²) in [4.78, 5) is 11.8. The molecule has 0 unspecified atom stereocenters. The van der Waals surface area contributed by atoms with Crippen LogP contribution in [0.4, 0.5) is 0 Å². The summed E-state index contributed by atoms with van der Waals surface area (Å²) in [6.07, 6.45) is 10.4. The second-order valence-corrected chi connectivity index (χ2v) is 8.38. The van der Waals surface area contributed by atoms with Gasteiger partial charge >= 0.3 is 5.97 Å². The zero-order chi connectivity index (χ0) is 17.3. The van der Waals surface area contributed by atoms with Crippen molar-refractivity contribution in [2.75, 3.05) is 23.0 Å². The molecule has 0 aromatic carbocycles. The number of hydrogen-bond donors (Lipinski definition) is 0. The van der Waals surface area contributed by atoms with E-state index in [9.17, 15) is 4.79 Å². The lowest BCUT2D eigenvalue weighted by Crippen LogP contribution is -2.24. The van der Waals surface area contributed by atoms with Gasteiger partial charge in [0.25, 0.3) is 0 Å². The SMILES string of the molecule is C=C(C)C(=O)OC(CSCCCCCC)CSCCCCCC. The van der Waals surface area contributed by atoms with Gasteiger partial charge in [0.15, 0.2) is 0 Å². The smallest absolute Gasteiger partial charge is 0.333 e. The van der Waals surface area contributed by atoms with Gasteiger partial charge in [-0.2, -0.15) is 23.5 Å². The van der Waals surface area contributed by atoms with E-state index in [2.05, 4.69) is 20.4 Å². The molecule has 0 fully saturated rings. The molecule has 2 nitrogen and oxygen atoms in total. The first-order valence-corrected chi connectivity index (χ1v) is 11.4. The zero-order valence-electron chi connectivity index (χ0n) is 15.4. The molecule has 0 heterocycles. The van der Waals surface area contributed by atoms with Crippen LogP contribution in [0.2, 0.25) is 0 Å². The molecule has 0 aliphatic heterocycles. The van der Waals surface area contributed by atoms with Gasteiger partial charge in [-0.05, 0) is 31.3 Å². The fraction of sp³-hybridized carbons (Fsp3) is 0.842. The van der Waals surface area contributed by atoms with Crippen LogP contribution in [0.15, 0.2) is 12.2 Å². The normalized spacial score (nSPS) is 11.0. The Kier molecular flexibility index (Phi) is 16.7. The Hall–Kier alpha value is -0.0900. The molecular weight excluding hydrogens is 324 g/mol. The van der Waals surface area contributed by atoms with Gasteiger partial charge in [-0.3, -0.25) is 0 Å². The Morgan fingerprint density at radius 2 is 1.39 bits per heavy atom. The molecule has 0 rings (SSSR count). The summed E-state index contributed by atoms with van der Waals surface area (Å²) in [7, 11) is 0. The van der Waals surface area contributed by atoms with Gasteiger partial charge in [-0.25, -0.2) is 4.79 Å². The Balaban J connectivity index is 3.94. The summed E-state index contributed by atoms with van der Waals surface area (Å²) < 4.78 is 5.59. The molecule has 0 aliphatic carbocycles. The summed E-state index contributed by atoms with van der Waals surface area (Å²) in [5.74, 6) is 3.92. The highest BCUT2D eigenvalue weighted by molar-refractivity contribution is 8.00. The molecule has 0 N–H and O–H groups in total. The van der Waals surface area contributed by atoms with Crippen LogP contribution in [0, 0.1) is 0 Å². The van der Waals surface area contributed by atoms with Crippen molar-refractivity contribution in [2.24, 2.45) is 0 Å². The van der Waals surface area contributed by atoms with Gasteiger partial charge in [-0.15, -0.1) is 0 Å². The second kappa shape index (κ2) is 16.8. The molecule has 0 saturated carbocycles. The Morgan fingerprint density at radius 1 is 0.913 bits per heavy atom. The highest BCUT2D eigenvalue weighted by Crippen LogP contribution is 2.17. The van der Waals surface area contributed by atoms with Crippen molar-refractivity contribution in [3.8, 4) is 0 Å². The fourth-order valence-corrected chi connectivity index (χ4v) is 4.26. The Bertz CT molecular complexity index is 290. The maximum absolute atomic E-state index is 11.8. The molecule has 0 radical (unpaired) electrons. The van der Waals surface area contributed by atoms with E-state index in [0.717, 1.165) is 11.5 Å². The van der Waals surface area contributed by atoms with Crippen LogP contribution in [0.3, 0.4) is 0 Å². The Morgan fingerprint density at radius 3 is 1.78 bits per heavy atom. The average molecular weight is 361 g/mol. The van der Waals surface area contributed by atoms with E-state index < -0.39 is 0 Å². The maximum Gasteiger partial charge on any atom is 0.333 e. The molecule has 0 aromatic rings. The van der Waals surface area contributed by atoms with E-state index in [1.165, 1.54) is 62.9 Å². The van der Waals surface area contributed by atoms with Crippen LogP contribution >= 0.6 is 23.5 Å². The van der Waals surface area contributed by atoms with Gasteiger partial charge in [0.05, 0.1) is 0 Å². The minimum absolute atomic E-state index is 0.0200. The van der Waals surface area contributed by atoms with Crippen LogP contribution in [0.5, 0.6) is 0 Å². The van der Waals surface area contributed by atoms with Crippen molar-refractivity contribution in [3.05, 3.63) is 12.2 Å². The van der Waals surface area contributed by atoms with E-state index in [1.807, 2.05) is 23.5 Å². The third kappa shape index (κ3) is 15.2. The first kappa shape index (κ1) is 22.9. The van der Waals surface area contributed by atoms with Crippen molar-refractivity contribution in [3.63, 3.8) is 0 Å². The topological polar surface area (TPSA) is 26.3 Å². The summed E-state index contributed by atoms with van der Waals surface area (Å²) in [5.41, 5.74) is 0.496. The molecule has 0 bridgehead atoms. The lowest BCUT2D eigenvalue weighted by molar-refractivity contribution is -0.142. The number of ether oxygens (including phenoxy) is 1. The standard InChI is InChI=1S/C19H36O2S2/c1-5-7-9-11-13-22-15-18(21-19(20)17(3)4)16-23-14-12-10-8-6-2/h18H,3,5-16H2,1-2,4H3. The molecule has 23 heavy (non-hydrogen) atoms. The van der Waals surface area contributed by atoms with Crippen molar-refractivity contribution in [1.82, 2.24) is 0 Å². The second-order valence-electron chi connectivity index (χ2n) is 6.08. The average Bonchev–Trinajstić information content (AvgIpc) is 2.53. The van der Waals surface area contributed by atoms with E-state index in [1.54, 1.807) is 6.92 Å². The largest absolute Gasteiger partial charge is 0.457 e. The number of rotatable bonds is 16. The highest BCUT2D eigenvalue weighted by atomic mass is 32.2. The summed E-state index contributed by atoms with van der Waals surface area (Å²) in [5, 5.41) is 0. The quantitative estimate of drug-likeness (QED) is 0.189. The molecule has 136 valence electrons. The summed E-state index contributed by atoms with van der Waals surface area (Å²) in [6, 6.07) is 0. The lowest BCUT2D eigenvalue weighted by Gasteiger charge is -2.17. The van der Waals surface area contributed by atoms with Gasteiger partial charge in [0, 0.05) is 17.1 Å². The predicted octanol–water partition coefficient (Wildman–Crippen LogP) is 6.10. The van der Waals surface area contributed by atoms with E-state index >= 15 is 0 Å². The molecule has 0 saturated heterocycles. The number of unbranched alkanes of at least 4 members (excludes halogenated alkanes) is 6. The number of thioether (sulfide) groups is 2. The molecule has 0 aliphatic rings. The fourth-order valence-electron chi connectivity index (χ4n) is 2.06. The number of esters is 1. The van der Waals surface area contributed by atoms with Gasteiger partial charge in [0.1, 0.15) is 6.10 Å². The van der Waals surface area contributed by atoms with E-state index in [-0.39, 0.29) is 12.1 Å². The Labute approximate surface area is 152 Å². The number of carbonyl (C=O) groups excluding carboxylic acids is 1. The molecule has 4 heteroatoms.